The van der Waals surface area contributed by atoms with E-state index in [-0.39, 0.29) is 11.6 Å². The van der Waals surface area contributed by atoms with Crippen molar-refractivity contribution in [1.82, 2.24) is 20.5 Å². The SMILES string of the molecule is CC(Cc1c[nH]c2ccccc12)NC(=S)NC1CCC(c2ccccc2)(N(C)C)CC1.O=C(O)CC(O)(CC(=O)O)C(=O)O. The summed E-state index contributed by atoms with van der Waals surface area (Å²) in [6, 6.07) is 20.1. The Morgan fingerprint density at radius 2 is 1.57 bits per heavy atom. The largest absolute Gasteiger partial charge is 0.481 e. The van der Waals surface area contributed by atoms with Crippen molar-refractivity contribution in [1.29, 1.82) is 0 Å². The van der Waals surface area contributed by atoms with E-state index in [4.69, 9.17) is 32.6 Å². The average Bonchev–Trinajstić information content (AvgIpc) is 3.35. The van der Waals surface area contributed by atoms with E-state index < -0.39 is 36.4 Å². The summed E-state index contributed by atoms with van der Waals surface area (Å²) in [7, 11) is 4.42. The minimum atomic E-state index is -2.74. The second-order valence-electron chi connectivity index (χ2n) is 11.6. The molecule has 0 spiro atoms. The fourth-order valence-corrected chi connectivity index (χ4v) is 6.20. The first-order valence-corrected chi connectivity index (χ1v) is 14.9. The molecule has 2 aromatic carbocycles. The van der Waals surface area contributed by atoms with Gasteiger partial charge in [0.15, 0.2) is 10.7 Å². The van der Waals surface area contributed by atoms with Gasteiger partial charge in [-0.25, -0.2) is 4.79 Å². The third-order valence-corrected chi connectivity index (χ3v) is 8.41. The average molecular weight is 627 g/mol. The summed E-state index contributed by atoms with van der Waals surface area (Å²) in [4.78, 5) is 36.2. The molecular formula is C32H42N4O7S. The van der Waals surface area contributed by atoms with Crippen molar-refractivity contribution in [3.63, 3.8) is 0 Å². The van der Waals surface area contributed by atoms with E-state index in [9.17, 15) is 14.4 Å². The molecule has 1 aliphatic rings. The number of carbonyl (C=O) groups is 3. The minimum absolute atomic E-state index is 0.122. The summed E-state index contributed by atoms with van der Waals surface area (Å²) in [5, 5.41) is 43.0. The number of hydrogen-bond acceptors (Lipinski definition) is 6. The van der Waals surface area contributed by atoms with Crippen LogP contribution in [0.2, 0.25) is 0 Å². The van der Waals surface area contributed by atoms with Gasteiger partial charge >= 0.3 is 17.9 Å². The summed E-state index contributed by atoms with van der Waals surface area (Å²) in [5.41, 5.74) is 1.33. The number of para-hydroxylation sites is 1. The van der Waals surface area contributed by atoms with Crippen LogP contribution in [0.5, 0.6) is 0 Å². The number of benzene rings is 2. The zero-order valence-electron chi connectivity index (χ0n) is 25.2. The maximum absolute atomic E-state index is 10.3. The quantitative estimate of drug-likeness (QED) is 0.155. The Morgan fingerprint density at radius 1 is 1.00 bits per heavy atom. The van der Waals surface area contributed by atoms with Crippen LogP contribution in [-0.4, -0.2) is 85.1 Å². The molecule has 1 fully saturated rings. The Bertz CT molecular complexity index is 1420. The number of aliphatic hydroxyl groups is 1. The lowest BCUT2D eigenvalue weighted by Crippen LogP contribution is -2.51. The highest BCUT2D eigenvalue weighted by Gasteiger charge is 2.41. The third-order valence-electron chi connectivity index (χ3n) is 8.18. The molecule has 4 rings (SSSR count). The van der Waals surface area contributed by atoms with Crippen molar-refractivity contribution in [3.8, 4) is 0 Å². The van der Waals surface area contributed by atoms with E-state index in [0.29, 0.717) is 6.04 Å². The molecule has 1 saturated carbocycles. The van der Waals surface area contributed by atoms with Crippen LogP contribution in [0.3, 0.4) is 0 Å². The highest BCUT2D eigenvalue weighted by molar-refractivity contribution is 7.80. The summed E-state index contributed by atoms with van der Waals surface area (Å²) in [6.07, 6.45) is 5.27. The van der Waals surface area contributed by atoms with Crippen LogP contribution in [0.4, 0.5) is 0 Å². The van der Waals surface area contributed by atoms with Gasteiger partial charge in [0.05, 0.1) is 12.8 Å². The molecule has 1 unspecified atom stereocenters. The number of carboxylic acid groups (broad SMARTS) is 3. The van der Waals surface area contributed by atoms with Crippen LogP contribution < -0.4 is 10.6 Å². The first-order chi connectivity index (χ1) is 20.8. The van der Waals surface area contributed by atoms with Gasteiger partial charge in [0.25, 0.3) is 0 Å². The van der Waals surface area contributed by atoms with Gasteiger partial charge in [-0.15, -0.1) is 0 Å². The third kappa shape index (κ3) is 9.01. The number of fused-ring (bicyclic) bond motifs is 1. The molecule has 7 N–H and O–H groups in total. The highest BCUT2D eigenvalue weighted by Crippen LogP contribution is 2.41. The van der Waals surface area contributed by atoms with Crippen LogP contribution in [0.25, 0.3) is 10.9 Å². The lowest BCUT2D eigenvalue weighted by atomic mass is 9.74. The van der Waals surface area contributed by atoms with Crippen LogP contribution >= 0.6 is 12.2 Å². The molecule has 1 aromatic heterocycles. The molecule has 0 aliphatic heterocycles. The molecule has 3 aromatic rings. The Morgan fingerprint density at radius 3 is 2.11 bits per heavy atom. The fraction of sp³-hybridized carbons (Fsp3) is 0.438. The van der Waals surface area contributed by atoms with Gasteiger partial charge in [-0.2, -0.15) is 0 Å². The molecule has 1 heterocycles. The lowest BCUT2D eigenvalue weighted by molar-refractivity contribution is -0.170. The minimum Gasteiger partial charge on any atom is -0.481 e. The van der Waals surface area contributed by atoms with Crippen molar-refractivity contribution in [2.75, 3.05) is 14.1 Å². The number of nitrogens with zero attached hydrogens (tertiary/aromatic N) is 1. The Hall–Kier alpha value is -4.00. The van der Waals surface area contributed by atoms with Gasteiger partial charge in [0.1, 0.15) is 0 Å². The van der Waals surface area contributed by atoms with Gasteiger partial charge in [-0.1, -0.05) is 48.5 Å². The summed E-state index contributed by atoms with van der Waals surface area (Å²) in [5.74, 6) is -5.02. The number of aliphatic carboxylic acids is 3. The molecule has 238 valence electrons. The first kappa shape index (κ1) is 34.5. The predicted molar refractivity (Wildman–Crippen MR) is 171 cm³/mol. The molecule has 44 heavy (non-hydrogen) atoms. The number of nitrogens with one attached hydrogen (secondary N) is 3. The Balaban J connectivity index is 0.000000345. The Kier molecular flexibility index (Phi) is 11.9. The molecule has 0 amide bonds. The van der Waals surface area contributed by atoms with Crippen LogP contribution in [-0.2, 0) is 26.3 Å². The molecule has 0 bridgehead atoms. The Labute approximate surface area is 262 Å². The molecular weight excluding hydrogens is 584 g/mol. The van der Waals surface area contributed by atoms with Crippen molar-refractivity contribution < 1.29 is 34.8 Å². The highest BCUT2D eigenvalue weighted by atomic mass is 32.1. The van der Waals surface area contributed by atoms with Crippen molar-refractivity contribution >= 4 is 46.1 Å². The number of rotatable bonds is 11. The molecule has 1 atom stereocenters. The van der Waals surface area contributed by atoms with E-state index >= 15 is 0 Å². The molecule has 11 nitrogen and oxygen atoms in total. The molecule has 0 saturated heterocycles. The number of aromatic amines is 1. The zero-order chi connectivity index (χ0) is 32.5. The van der Waals surface area contributed by atoms with E-state index in [1.54, 1.807) is 0 Å². The number of aromatic nitrogens is 1. The number of carboxylic acids is 3. The van der Waals surface area contributed by atoms with Gasteiger partial charge in [-0.05, 0) is 82.5 Å². The smallest absolute Gasteiger partial charge is 0.336 e. The molecule has 1 aliphatic carbocycles. The fourth-order valence-electron chi connectivity index (χ4n) is 5.83. The maximum Gasteiger partial charge on any atom is 0.336 e. The van der Waals surface area contributed by atoms with Crippen LogP contribution in [0.15, 0.2) is 60.8 Å². The van der Waals surface area contributed by atoms with Gasteiger partial charge in [0.2, 0.25) is 0 Å². The summed E-state index contributed by atoms with van der Waals surface area (Å²) >= 11 is 5.66. The van der Waals surface area contributed by atoms with E-state index in [0.717, 1.165) is 37.2 Å². The molecule has 0 radical (unpaired) electrons. The second kappa shape index (κ2) is 15.1. The van der Waals surface area contributed by atoms with Crippen LogP contribution in [0.1, 0.15) is 56.6 Å². The van der Waals surface area contributed by atoms with Crippen molar-refractivity contribution in [2.24, 2.45) is 0 Å². The second-order valence-corrected chi connectivity index (χ2v) is 12.0. The van der Waals surface area contributed by atoms with E-state index in [1.165, 1.54) is 22.0 Å². The van der Waals surface area contributed by atoms with E-state index in [1.807, 2.05) is 0 Å². The normalized spacial score (nSPS) is 19.0. The van der Waals surface area contributed by atoms with Crippen LogP contribution in [0, 0.1) is 0 Å². The van der Waals surface area contributed by atoms with Gasteiger partial charge in [0, 0.05) is 34.7 Å². The maximum atomic E-state index is 10.3. The van der Waals surface area contributed by atoms with Crippen molar-refractivity contribution in [2.45, 2.75) is 75.1 Å². The van der Waals surface area contributed by atoms with E-state index in [2.05, 4.69) is 102 Å². The first-order valence-electron chi connectivity index (χ1n) is 14.5. The number of hydrogen-bond donors (Lipinski definition) is 7. The standard InChI is InChI=1S/C26H34N4S.C6H8O7/c1-19(17-20-18-27-24-12-8-7-11-23(20)24)28-25(31)29-22-13-15-26(16-14-22,30(2)3)21-9-5-4-6-10-21;7-3(8)1-6(13,5(11)12)2-4(9)10/h4-12,18-19,22,27H,13-17H2,1-3H3,(H2,28,29,31);13H,1-2H2,(H,7,8)(H,9,10)(H,11,12). The number of H-pyrrole nitrogens is 1. The van der Waals surface area contributed by atoms with Crippen molar-refractivity contribution in [3.05, 3.63) is 71.9 Å². The monoisotopic (exact) mass is 626 g/mol. The predicted octanol–water partition coefficient (Wildman–Crippen LogP) is 3.71. The van der Waals surface area contributed by atoms with Gasteiger partial charge in [-0.3, -0.25) is 14.5 Å². The van der Waals surface area contributed by atoms with Gasteiger partial charge < -0.3 is 36.0 Å². The number of thiocarbonyl (C=S) groups is 1. The summed E-state index contributed by atoms with van der Waals surface area (Å²) in [6.45, 7) is 2.20. The summed E-state index contributed by atoms with van der Waals surface area (Å²) < 4.78 is 0. The molecule has 12 heteroatoms. The zero-order valence-corrected chi connectivity index (χ0v) is 26.1. The lowest BCUT2D eigenvalue weighted by Gasteiger charge is -2.46. The topological polar surface area (TPSA) is 175 Å².